The maximum Gasteiger partial charge on any atom is 0.161 e. The monoisotopic (exact) mass is 267 g/mol. The average molecular weight is 268 g/mol. The van der Waals surface area contributed by atoms with Gasteiger partial charge in [0.2, 0.25) is 0 Å². The minimum absolute atomic E-state index is 0.508. The lowest BCUT2D eigenvalue weighted by molar-refractivity contribution is 0.820. The van der Waals surface area contributed by atoms with Crippen LogP contribution in [0.3, 0.4) is 0 Å². The molecular formula is C9H10BrN5. The van der Waals surface area contributed by atoms with E-state index < -0.39 is 0 Å². The molecule has 0 aliphatic carbocycles. The highest BCUT2D eigenvalue weighted by Gasteiger charge is 2.09. The van der Waals surface area contributed by atoms with E-state index in [1.165, 1.54) is 6.33 Å². The molecule has 0 fully saturated rings. The molecule has 0 bridgehead atoms. The van der Waals surface area contributed by atoms with Crippen molar-refractivity contribution in [2.75, 3.05) is 5.73 Å². The highest BCUT2D eigenvalue weighted by atomic mass is 79.9. The predicted molar refractivity (Wildman–Crippen MR) is 60.6 cm³/mol. The van der Waals surface area contributed by atoms with Gasteiger partial charge in [-0.1, -0.05) is 6.92 Å². The molecule has 0 amide bonds. The van der Waals surface area contributed by atoms with Gasteiger partial charge in [-0.2, -0.15) is 5.10 Å². The summed E-state index contributed by atoms with van der Waals surface area (Å²) in [4.78, 5) is 8.14. The summed E-state index contributed by atoms with van der Waals surface area (Å²) in [5.41, 5.74) is 6.68. The Morgan fingerprint density at radius 1 is 1.47 bits per heavy atom. The van der Waals surface area contributed by atoms with Crippen molar-refractivity contribution in [1.82, 2.24) is 19.7 Å². The smallest absolute Gasteiger partial charge is 0.161 e. The van der Waals surface area contributed by atoms with E-state index in [0.717, 1.165) is 22.3 Å². The molecule has 2 heterocycles. The van der Waals surface area contributed by atoms with Gasteiger partial charge in [-0.3, -0.25) is 0 Å². The number of aromatic nitrogens is 4. The number of halogens is 1. The summed E-state index contributed by atoms with van der Waals surface area (Å²) in [7, 11) is 0. The van der Waals surface area contributed by atoms with Crippen LogP contribution in [-0.4, -0.2) is 19.7 Å². The van der Waals surface area contributed by atoms with Crippen molar-refractivity contribution in [3.63, 3.8) is 0 Å². The van der Waals surface area contributed by atoms with Crippen LogP contribution in [0, 0.1) is 0 Å². The second kappa shape index (κ2) is 3.98. The Morgan fingerprint density at radius 2 is 2.27 bits per heavy atom. The number of nitrogen functional groups attached to an aromatic ring is 1. The molecule has 2 rings (SSSR count). The Bertz CT molecular complexity index is 479. The first-order valence-electron chi connectivity index (χ1n) is 4.52. The minimum Gasteiger partial charge on any atom is -0.383 e. The summed E-state index contributed by atoms with van der Waals surface area (Å²) in [6.45, 7) is 2.01. The van der Waals surface area contributed by atoms with E-state index >= 15 is 0 Å². The quantitative estimate of drug-likeness (QED) is 0.897. The molecule has 0 atom stereocenters. The van der Waals surface area contributed by atoms with Crippen molar-refractivity contribution in [3.05, 3.63) is 28.8 Å². The van der Waals surface area contributed by atoms with Crippen LogP contribution in [0.4, 0.5) is 5.82 Å². The molecule has 0 aliphatic heterocycles. The molecule has 6 heteroatoms. The molecule has 15 heavy (non-hydrogen) atoms. The van der Waals surface area contributed by atoms with Crippen LogP contribution in [-0.2, 0) is 6.42 Å². The molecule has 0 aliphatic rings. The van der Waals surface area contributed by atoms with Gasteiger partial charge in [0.05, 0.1) is 10.7 Å². The molecule has 2 aromatic rings. The van der Waals surface area contributed by atoms with Gasteiger partial charge in [-0.25, -0.2) is 14.6 Å². The van der Waals surface area contributed by atoms with E-state index in [0.29, 0.717) is 5.82 Å². The lowest BCUT2D eigenvalue weighted by atomic mass is 10.2. The highest BCUT2D eigenvalue weighted by molar-refractivity contribution is 9.10. The van der Waals surface area contributed by atoms with Crippen molar-refractivity contribution >= 4 is 21.7 Å². The Hall–Kier alpha value is -1.43. The molecule has 0 spiro atoms. The molecule has 2 N–H and O–H groups in total. The van der Waals surface area contributed by atoms with E-state index in [1.807, 2.05) is 13.1 Å². The van der Waals surface area contributed by atoms with Crippen molar-refractivity contribution < 1.29 is 0 Å². The van der Waals surface area contributed by atoms with Crippen LogP contribution >= 0.6 is 15.9 Å². The maximum absolute atomic E-state index is 5.77. The van der Waals surface area contributed by atoms with Crippen molar-refractivity contribution in [2.45, 2.75) is 13.3 Å². The van der Waals surface area contributed by atoms with Gasteiger partial charge in [0.25, 0.3) is 0 Å². The van der Waals surface area contributed by atoms with E-state index in [-0.39, 0.29) is 0 Å². The standard InChI is InChI=1S/C9H10BrN5/c1-2-7-8(11)12-5-13-9(7)15-4-6(10)3-14-15/h3-5H,2H2,1H3,(H2,11,12,13). The molecule has 0 radical (unpaired) electrons. The highest BCUT2D eigenvalue weighted by Crippen LogP contribution is 2.18. The fourth-order valence-corrected chi connectivity index (χ4v) is 1.65. The topological polar surface area (TPSA) is 69.6 Å². The Balaban J connectivity index is 2.57. The maximum atomic E-state index is 5.77. The largest absolute Gasteiger partial charge is 0.383 e. The summed E-state index contributed by atoms with van der Waals surface area (Å²) in [5.74, 6) is 1.24. The SMILES string of the molecule is CCc1c(N)ncnc1-n1cc(Br)cn1. The van der Waals surface area contributed by atoms with Gasteiger partial charge in [0, 0.05) is 11.8 Å². The van der Waals surface area contributed by atoms with Gasteiger partial charge >= 0.3 is 0 Å². The van der Waals surface area contributed by atoms with Crippen molar-refractivity contribution in [2.24, 2.45) is 0 Å². The number of rotatable bonds is 2. The van der Waals surface area contributed by atoms with Gasteiger partial charge < -0.3 is 5.73 Å². The number of nitrogens with two attached hydrogens (primary N) is 1. The van der Waals surface area contributed by atoms with Crippen LogP contribution in [0.1, 0.15) is 12.5 Å². The zero-order chi connectivity index (χ0) is 10.8. The Morgan fingerprint density at radius 3 is 2.87 bits per heavy atom. The first kappa shape index (κ1) is 10.1. The molecule has 5 nitrogen and oxygen atoms in total. The van der Waals surface area contributed by atoms with E-state index in [9.17, 15) is 0 Å². The molecule has 0 saturated heterocycles. The number of anilines is 1. The van der Waals surface area contributed by atoms with Crippen LogP contribution in [0.5, 0.6) is 0 Å². The van der Waals surface area contributed by atoms with E-state index in [1.54, 1.807) is 10.9 Å². The summed E-state index contributed by atoms with van der Waals surface area (Å²) in [6.07, 6.45) is 5.76. The summed E-state index contributed by atoms with van der Waals surface area (Å²) >= 11 is 3.34. The molecule has 2 aromatic heterocycles. The average Bonchev–Trinajstić information content (AvgIpc) is 2.64. The minimum atomic E-state index is 0.508. The van der Waals surface area contributed by atoms with Crippen LogP contribution in [0.25, 0.3) is 5.82 Å². The fourth-order valence-electron chi connectivity index (χ4n) is 1.37. The third-order valence-electron chi connectivity index (χ3n) is 2.08. The lowest BCUT2D eigenvalue weighted by Crippen LogP contribution is -2.07. The lowest BCUT2D eigenvalue weighted by Gasteiger charge is -2.07. The second-order valence-electron chi connectivity index (χ2n) is 3.02. The first-order chi connectivity index (χ1) is 7.22. The Labute approximate surface area is 95.5 Å². The molecule has 0 aromatic carbocycles. The molecular weight excluding hydrogens is 258 g/mol. The van der Waals surface area contributed by atoms with E-state index in [4.69, 9.17) is 5.73 Å². The molecule has 0 saturated carbocycles. The van der Waals surface area contributed by atoms with Gasteiger partial charge in [0.15, 0.2) is 5.82 Å². The van der Waals surface area contributed by atoms with Crippen LogP contribution in [0.2, 0.25) is 0 Å². The normalized spacial score (nSPS) is 10.5. The predicted octanol–water partition coefficient (Wildman–Crippen LogP) is 1.57. The number of hydrogen-bond acceptors (Lipinski definition) is 4. The summed E-state index contributed by atoms with van der Waals surface area (Å²) in [6, 6.07) is 0. The number of hydrogen-bond donors (Lipinski definition) is 1. The van der Waals surface area contributed by atoms with E-state index in [2.05, 4.69) is 31.0 Å². The Kier molecular flexibility index (Phi) is 2.68. The number of nitrogens with zero attached hydrogens (tertiary/aromatic N) is 4. The molecule has 78 valence electrons. The van der Waals surface area contributed by atoms with Crippen molar-refractivity contribution in [3.8, 4) is 5.82 Å². The van der Waals surface area contributed by atoms with Crippen LogP contribution < -0.4 is 5.73 Å². The summed E-state index contributed by atoms with van der Waals surface area (Å²) < 4.78 is 2.59. The van der Waals surface area contributed by atoms with Gasteiger partial charge in [0.1, 0.15) is 12.1 Å². The third kappa shape index (κ3) is 1.85. The first-order valence-corrected chi connectivity index (χ1v) is 5.31. The van der Waals surface area contributed by atoms with Gasteiger partial charge in [-0.05, 0) is 22.4 Å². The second-order valence-corrected chi connectivity index (χ2v) is 3.93. The van der Waals surface area contributed by atoms with Gasteiger partial charge in [-0.15, -0.1) is 0 Å². The fraction of sp³-hybridized carbons (Fsp3) is 0.222. The summed E-state index contributed by atoms with van der Waals surface area (Å²) in [5, 5.41) is 4.16. The zero-order valence-corrected chi connectivity index (χ0v) is 9.77. The van der Waals surface area contributed by atoms with Crippen LogP contribution in [0.15, 0.2) is 23.2 Å². The third-order valence-corrected chi connectivity index (χ3v) is 2.49. The molecule has 0 unspecified atom stereocenters. The van der Waals surface area contributed by atoms with Crippen molar-refractivity contribution in [1.29, 1.82) is 0 Å². The zero-order valence-electron chi connectivity index (χ0n) is 8.18.